The van der Waals surface area contributed by atoms with E-state index in [9.17, 15) is 0 Å². The van der Waals surface area contributed by atoms with E-state index in [1.165, 1.54) is 5.57 Å². The standard InChI is InChI=1S/C15H25IN2/c1-10(2)8-14(18)7-6-11(3)9-15(12(4)16)13(5)17/h6-7,13,15H,1,4,8-9,17-18H2,2-3,5H3/b11-6-,14-7+. The summed E-state index contributed by atoms with van der Waals surface area (Å²) < 4.78 is 1.11. The monoisotopic (exact) mass is 360 g/mol. The van der Waals surface area contributed by atoms with E-state index < -0.39 is 0 Å². The van der Waals surface area contributed by atoms with Crippen molar-refractivity contribution in [1.29, 1.82) is 0 Å². The predicted octanol–water partition coefficient (Wildman–Crippen LogP) is 4.04. The highest BCUT2D eigenvalue weighted by atomic mass is 127. The van der Waals surface area contributed by atoms with Crippen molar-refractivity contribution in [3.63, 3.8) is 0 Å². The number of hydrogen-bond acceptors (Lipinski definition) is 2. The summed E-state index contributed by atoms with van der Waals surface area (Å²) in [5.74, 6) is 0.317. The maximum absolute atomic E-state index is 5.96. The summed E-state index contributed by atoms with van der Waals surface area (Å²) in [4.78, 5) is 0. The van der Waals surface area contributed by atoms with Crippen molar-refractivity contribution in [3.05, 3.63) is 45.7 Å². The molecule has 0 fully saturated rings. The van der Waals surface area contributed by atoms with E-state index in [4.69, 9.17) is 11.5 Å². The molecule has 0 amide bonds. The molecular weight excluding hydrogens is 335 g/mol. The molecule has 2 unspecified atom stereocenters. The topological polar surface area (TPSA) is 52.0 Å². The molecule has 0 heterocycles. The van der Waals surface area contributed by atoms with Crippen LogP contribution < -0.4 is 11.5 Å². The molecule has 0 saturated carbocycles. The molecule has 0 aromatic heterocycles. The van der Waals surface area contributed by atoms with Gasteiger partial charge in [-0.1, -0.05) is 30.4 Å². The lowest BCUT2D eigenvalue weighted by atomic mass is 9.94. The maximum atomic E-state index is 5.96. The molecule has 2 atom stereocenters. The van der Waals surface area contributed by atoms with E-state index in [1.54, 1.807) is 0 Å². The molecule has 0 spiro atoms. The zero-order valence-electron chi connectivity index (χ0n) is 11.7. The molecule has 18 heavy (non-hydrogen) atoms. The maximum Gasteiger partial charge on any atom is 0.0121 e. The second-order valence-corrected chi connectivity index (χ2v) is 6.39. The number of nitrogens with two attached hydrogens (primary N) is 2. The van der Waals surface area contributed by atoms with E-state index in [0.29, 0.717) is 5.92 Å². The van der Waals surface area contributed by atoms with Crippen LogP contribution in [-0.2, 0) is 0 Å². The van der Waals surface area contributed by atoms with E-state index in [-0.39, 0.29) is 6.04 Å². The summed E-state index contributed by atoms with van der Waals surface area (Å²) in [7, 11) is 0. The summed E-state index contributed by atoms with van der Waals surface area (Å²) in [6.07, 6.45) is 5.70. The highest BCUT2D eigenvalue weighted by molar-refractivity contribution is 14.1. The van der Waals surface area contributed by atoms with Gasteiger partial charge in [-0.25, -0.2) is 0 Å². The first-order valence-electron chi connectivity index (χ1n) is 6.10. The van der Waals surface area contributed by atoms with Crippen molar-refractivity contribution in [1.82, 2.24) is 0 Å². The average Bonchev–Trinajstić information content (AvgIpc) is 2.21. The number of allylic oxidation sites excluding steroid dienone is 4. The fourth-order valence-corrected chi connectivity index (χ4v) is 2.44. The Morgan fingerprint density at radius 1 is 1.28 bits per heavy atom. The van der Waals surface area contributed by atoms with Crippen molar-refractivity contribution in [3.8, 4) is 0 Å². The van der Waals surface area contributed by atoms with Gasteiger partial charge in [0.25, 0.3) is 0 Å². The minimum atomic E-state index is 0.120. The van der Waals surface area contributed by atoms with Gasteiger partial charge in [0, 0.05) is 24.1 Å². The van der Waals surface area contributed by atoms with Crippen LogP contribution in [0.5, 0.6) is 0 Å². The van der Waals surface area contributed by atoms with Crippen LogP contribution in [0.1, 0.15) is 33.6 Å². The molecule has 0 aliphatic carbocycles. The highest BCUT2D eigenvalue weighted by Gasteiger charge is 2.15. The highest BCUT2D eigenvalue weighted by Crippen LogP contribution is 2.26. The van der Waals surface area contributed by atoms with Gasteiger partial charge in [-0.2, -0.15) is 0 Å². The predicted molar refractivity (Wildman–Crippen MR) is 90.4 cm³/mol. The van der Waals surface area contributed by atoms with Crippen molar-refractivity contribution in [2.75, 3.05) is 0 Å². The van der Waals surface area contributed by atoms with Gasteiger partial charge in [0.1, 0.15) is 0 Å². The van der Waals surface area contributed by atoms with Gasteiger partial charge in [0.2, 0.25) is 0 Å². The Balaban J connectivity index is 4.60. The summed E-state index contributed by atoms with van der Waals surface area (Å²) in [6.45, 7) is 13.9. The van der Waals surface area contributed by atoms with Crippen molar-refractivity contribution in [2.24, 2.45) is 17.4 Å². The SMILES string of the molecule is C=C(C)C/C(N)=C\C=C(\C)CC(C(=C)I)C(C)N. The molecule has 102 valence electrons. The molecule has 2 nitrogen and oxygen atoms in total. The Morgan fingerprint density at radius 2 is 1.83 bits per heavy atom. The molecule has 0 bridgehead atoms. The third kappa shape index (κ3) is 7.71. The molecular formula is C15H25IN2. The van der Waals surface area contributed by atoms with Gasteiger partial charge in [0.05, 0.1) is 0 Å². The van der Waals surface area contributed by atoms with Gasteiger partial charge >= 0.3 is 0 Å². The second-order valence-electron chi connectivity index (χ2n) is 5.01. The Hall–Kier alpha value is -0.550. The second kappa shape index (κ2) is 8.53. The lowest BCUT2D eigenvalue weighted by Gasteiger charge is -2.20. The summed E-state index contributed by atoms with van der Waals surface area (Å²) in [5.41, 5.74) is 15.0. The van der Waals surface area contributed by atoms with Crippen LogP contribution in [0.3, 0.4) is 0 Å². The van der Waals surface area contributed by atoms with Gasteiger partial charge in [-0.05, 0) is 59.4 Å². The minimum Gasteiger partial charge on any atom is -0.402 e. The molecule has 0 aliphatic heterocycles. The summed E-state index contributed by atoms with van der Waals surface area (Å²) >= 11 is 2.26. The van der Waals surface area contributed by atoms with Crippen LogP contribution in [0.25, 0.3) is 0 Å². The first kappa shape index (κ1) is 17.4. The van der Waals surface area contributed by atoms with Crippen LogP contribution in [0.2, 0.25) is 0 Å². The van der Waals surface area contributed by atoms with Crippen LogP contribution in [0, 0.1) is 5.92 Å². The molecule has 3 heteroatoms. The van der Waals surface area contributed by atoms with Gasteiger partial charge in [-0.15, -0.1) is 0 Å². The molecule has 0 radical (unpaired) electrons. The van der Waals surface area contributed by atoms with Crippen LogP contribution in [0.15, 0.2) is 45.7 Å². The van der Waals surface area contributed by atoms with Crippen LogP contribution in [0.4, 0.5) is 0 Å². The number of rotatable bonds is 7. The molecule has 0 rings (SSSR count). The summed E-state index contributed by atoms with van der Waals surface area (Å²) in [6, 6.07) is 0.120. The zero-order chi connectivity index (χ0) is 14.3. The Morgan fingerprint density at radius 3 is 2.22 bits per heavy atom. The van der Waals surface area contributed by atoms with E-state index in [2.05, 4.69) is 48.7 Å². The van der Waals surface area contributed by atoms with Gasteiger partial charge in [0.15, 0.2) is 0 Å². The Labute approximate surface area is 125 Å². The molecule has 0 aromatic rings. The molecule has 0 saturated heterocycles. The summed E-state index contributed by atoms with van der Waals surface area (Å²) in [5, 5.41) is 0. The van der Waals surface area contributed by atoms with E-state index >= 15 is 0 Å². The third-order valence-corrected chi connectivity index (χ3v) is 3.47. The van der Waals surface area contributed by atoms with Crippen LogP contribution >= 0.6 is 22.6 Å². The average molecular weight is 360 g/mol. The largest absolute Gasteiger partial charge is 0.402 e. The normalized spacial score (nSPS) is 16.3. The number of hydrogen-bond donors (Lipinski definition) is 2. The lowest BCUT2D eigenvalue weighted by Crippen LogP contribution is -2.26. The fourth-order valence-electron chi connectivity index (χ4n) is 1.65. The van der Waals surface area contributed by atoms with Crippen LogP contribution in [-0.4, -0.2) is 6.04 Å². The van der Waals surface area contributed by atoms with Gasteiger partial charge < -0.3 is 11.5 Å². The lowest BCUT2D eigenvalue weighted by molar-refractivity contribution is 0.528. The molecule has 0 aromatic carbocycles. The fraction of sp³-hybridized carbons (Fsp3) is 0.467. The number of halogens is 1. The van der Waals surface area contributed by atoms with E-state index in [1.807, 2.05) is 19.9 Å². The van der Waals surface area contributed by atoms with Crippen molar-refractivity contribution < 1.29 is 0 Å². The Bertz CT molecular complexity index is 365. The first-order valence-corrected chi connectivity index (χ1v) is 7.18. The Kier molecular flexibility index (Phi) is 8.27. The third-order valence-electron chi connectivity index (χ3n) is 2.67. The quantitative estimate of drug-likeness (QED) is 0.409. The van der Waals surface area contributed by atoms with E-state index in [0.717, 1.165) is 27.7 Å². The smallest absolute Gasteiger partial charge is 0.0121 e. The minimum absolute atomic E-state index is 0.120. The molecule has 0 aliphatic rings. The zero-order valence-corrected chi connectivity index (χ0v) is 13.8. The first-order chi connectivity index (χ1) is 8.23. The van der Waals surface area contributed by atoms with Crippen molar-refractivity contribution >= 4 is 22.6 Å². The van der Waals surface area contributed by atoms with Crippen molar-refractivity contribution in [2.45, 2.75) is 39.7 Å². The molecule has 4 N–H and O–H groups in total. The van der Waals surface area contributed by atoms with Gasteiger partial charge in [-0.3, -0.25) is 0 Å².